The van der Waals surface area contributed by atoms with Crippen LogP contribution in [0.5, 0.6) is 5.75 Å². The standard InChI is InChI=1S/C17H26O3/c1-6-20-16-12(2)10-13(8-7-9-15(18)19)11-14(16)17(3,4)5/h10-11H,6-9H2,1-5H3,(H,18,19). The lowest BCUT2D eigenvalue weighted by Gasteiger charge is -2.25. The molecule has 0 aliphatic carbocycles. The lowest BCUT2D eigenvalue weighted by molar-refractivity contribution is -0.137. The smallest absolute Gasteiger partial charge is 0.303 e. The van der Waals surface area contributed by atoms with E-state index in [0.29, 0.717) is 13.0 Å². The molecule has 0 saturated carbocycles. The summed E-state index contributed by atoms with van der Waals surface area (Å²) in [6.07, 6.45) is 1.69. The van der Waals surface area contributed by atoms with E-state index in [2.05, 4.69) is 39.8 Å². The molecule has 0 spiro atoms. The number of aliphatic carboxylic acids is 1. The first-order valence-corrected chi connectivity index (χ1v) is 7.24. The quantitative estimate of drug-likeness (QED) is 0.852. The Hall–Kier alpha value is -1.51. The molecule has 3 nitrogen and oxygen atoms in total. The third kappa shape index (κ3) is 4.55. The zero-order valence-corrected chi connectivity index (χ0v) is 13.2. The summed E-state index contributed by atoms with van der Waals surface area (Å²) in [6.45, 7) is 11.2. The molecule has 0 atom stereocenters. The number of rotatable bonds is 6. The number of hydrogen-bond acceptors (Lipinski definition) is 2. The van der Waals surface area contributed by atoms with Gasteiger partial charge in [0.1, 0.15) is 5.75 Å². The summed E-state index contributed by atoms with van der Waals surface area (Å²) in [5.41, 5.74) is 3.53. The number of benzene rings is 1. The van der Waals surface area contributed by atoms with E-state index in [1.165, 1.54) is 11.1 Å². The SMILES string of the molecule is CCOc1c(C)cc(CCCC(=O)O)cc1C(C)(C)C. The molecule has 0 fully saturated rings. The average Bonchev–Trinajstić information content (AvgIpc) is 2.30. The average molecular weight is 278 g/mol. The minimum absolute atomic E-state index is 0.0120. The van der Waals surface area contributed by atoms with Gasteiger partial charge in [-0.3, -0.25) is 4.79 Å². The first-order valence-electron chi connectivity index (χ1n) is 7.24. The monoisotopic (exact) mass is 278 g/mol. The Morgan fingerprint density at radius 2 is 1.95 bits per heavy atom. The van der Waals surface area contributed by atoms with E-state index >= 15 is 0 Å². The van der Waals surface area contributed by atoms with Crippen LogP contribution < -0.4 is 4.74 Å². The third-order valence-corrected chi connectivity index (χ3v) is 3.29. The van der Waals surface area contributed by atoms with Gasteiger partial charge in [-0.15, -0.1) is 0 Å². The fraction of sp³-hybridized carbons (Fsp3) is 0.588. The van der Waals surface area contributed by atoms with Gasteiger partial charge in [0.2, 0.25) is 0 Å². The van der Waals surface area contributed by atoms with Crippen LogP contribution >= 0.6 is 0 Å². The second-order valence-electron chi connectivity index (χ2n) is 6.22. The highest BCUT2D eigenvalue weighted by Crippen LogP contribution is 2.35. The second-order valence-corrected chi connectivity index (χ2v) is 6.22. The molecular formula is C17H26O3. The fourth-order valence-electron chi connectivity index (χ4n) is 2.33. The van der Waals surface area contributed by atoms with Crippen LogP contribution in [0.4, 0.5) is 0 Å². The summed E-state index contributed by atoms with van der Waals surface area (Å²) in [5.74, 6) is 0.241. The van der Waals surface area contributed by atoms with E-state index < -0.39 is 5.97 Å². The summed E-state index contributed by atoms with van der Waals surface area (Å²) in [7, 11) is 0. The molecule has 1 N–H and O–H groups in total. The minimum atomic E-state index is -0.733. The minimum Gasteiger partial charge on any atom is -0.493 e. The molecule has 0 unspecified atom stereocenters. The number of hydrogen-bond donors (Lipinski definition) is 1. The molecule has 0 bridgehead atoms. The maximum Gasteiger partial charge on any atom is 0.303 e. The van der Waals surface area contributed by atoms with E-state index in [1.54, 1.807) is 0 Å². The molecule has 0 amide bonds. The van der Waals surface area contributed by atoms with Crippen molar-refractivity contribution < 1.29 is 14.6 Å². The van der Waals surface area contributed by atoms with Gasteiger partial charge in [0.25, 0.3) is 0 Å². The number of carboxylic acids is 1. The number of ether oxygens (including phenoxy) is 1. The first kappa shape index (κ1) is 16.5. The summed E-state index contributed by atoms with van der Waals surface area (Å²) in [5, 5.41) is 8.72. The zero-order chi connectivity index (χ0) is 15.3. The molecule has 0 saturated heterocycles. The van der Waals surface area contributed by atoms with Crippen LogP contribution in [0.1, 0.15) is 57.2 Å². The Labute approximate surface area is 122 Å². The molecule has 112 valence electrons. The van der Waals surface area contributed by atoms with Crippen molar-refractivity contribution in [1.82, 2.24) is 0 Å². The van der Waals surface area contributed by atoms with E-state index in [-0.39, 0.29) is 11.8 Å². The fourth-order valence-corrected chi connectivity index (χ4v) is 2.33. The predicted molar refractivity (Wildman–Crippen MR) is 81.6 cm³/mol. The number of carboxylic acid groups (broad SMARTS) is 1. The molecular weight excluding hydrogens is 252 g/mol. The van der Waals surface area contributed by atoms with Gasteiger partial charge in [-0.05, 0) is 43.2 Å². The molecule has 1 aromatic rings. The summed E-state index contributed by atoms with van der Waals surface area (Å²) in [6, 6.07) is 4.28. The van der Waals surface area contributed by atoms with E-state index in [0.717, 1.165) is 17.7 Å². The largest absolute Gasteiger partial charge is 0.493 e. The van der Waals surface area contributed by atoms with Crippen molar-refractivity contribution in [2.45, 2.75) is 59.3 Å². The Bertz CT molecular complexity index is 470. The van der Waals surface area contributed by atoms with E-state index in [1.807, 2.05) is 6.92 Å². The molecule has 0 aliphatic heterocycles. The summed E-state index contributed by atoms with van der Waals surface area (Å²) in [4.78, 5) is 10.6. The molecule has 0 aromatic heterocycles. The predicted octanol–water partition coefficient (Wildman–Crippen LogP) is 4.10. The van der Waals surface area contributed by atoms with Crippen molar-refractivity contribution >= 4 is 5.97 Å². The normalized spacial score (nSPS) is 11.4. The number of aryl methyl sites for hydroxylation is 2. The van der Waals surface area contributed by atoms with Gasteiger partial charge >= 0.3 is 5.97 Å². The number of carbonyl (C=O) groups is 1. The van der Waals surface area contributed by atoms with Crippen LogP contribution in [0, 0.1) is 6.92 Å². The van der Waals surface area contributed by atoms with Crippen LogP contribution in [-0.2, 0) is 16.6 Å². The van der Waals surface area contributed by atoms with Gasteiger partial charge in [-0.25, -0.2) is 0 Å². The van der Waals surface area contributed by atoms with Crippen LogP contribution in [0.3, 0.4) is 0 Å². The highest BCUT2D eigenvalue weighted by molar-refractivity contribution is 5.66. The highest BCUT2D eigenvalue weighted by atomic mass is 16.5. The van der Waals surface area contributed by atoms with Crippen molar-refractivity contribution in [2.24, 2.45) is 0 Å². The molecule has 1 aromatic carbocycles. The van der Waals surface area contributed by atoms with Crippen molar-refractivity contribution in [3.63, 3.8) is 0 Å². The second kappa shape index (κ2) is 6.78. The van der Waals surface area contributed by atoms with Gasteiger partial charge in [-0.2, -0.15) is 0 Å². The van der Waals surface area contributed by atoms with Gasteiger partial charge in [0, 0.05) is 12.0 Å². The topological polar surface area (TPSA) is 46.5 Å². The maximum atomic E-state index is 10.6. The Kier molecular flexibility index (Phi) is 5.61. The van der Waals surface area contributed by atoms with Crippen LogP contribution in [0.2, 0.25) is 0 Å². The third-order valence-electron chi connectivity index (χ3n) is 3.29. The van der Waals surface area contributed by atoms with Crippen LogP contribution in [-0.4, -0.2) is 17.7 Å². The zero-order valence-electron chi connectivity index (χ0n) is 13.2. The molecule has 0 aliphatic rings. The van der Waals surface area contributed by atoms with E-state index in [4.69, 9.17) is 9.84 Å². The Morgan fingerprint density at radius 3 is 2.45 bits per heavy atom. The van der Waals surface area contributed by atoms with Crippen molar-refractivity contribution in [2.75, 3.05) is 6.61 Å². The van der Waals surface area contributed by atoms with Crippen molar-refractivity contribution in [1.29, 1.82) is 0 Å². The van der Waals surface area contributed by atoms with Gasteiger partial charge < -0.3 is 9.84 Å². The molecule has 0 radical (unpaired) electrons. The molecule has 20 heavy (non-hydrogen) atoms. The first-order chi connectivity index (χ1) is 9.25. The summed E-state index contributed by atoms with van der Waals surface area (Å²) < 4.78 is 5.80. The van der Waals surface area contributed by atoms with Crippen molar-refractivity contribution in [3.8, 4) is 5.75 Å². The maximum absolute atomic E-state index is 10.6. The van der Waals surface area contributed by atoms with Crippen LogP contribution in [0.25, 0.3) is 0 Å². The van der Waals surface area contributed by atoms with Crippen LogP contribution in [0.15, 0.2) is 12.1 Å². The Morgan fingerprint density at radius 1 is 1.30 bits per heavy atom. The molecule has 3 heteroatoms. The summed E-state index contributed by atoms with van der Waals surface area (Å²) >= 11 is 0. The van der Waals surface area contributed by atoms with Gasteiger partial charge in [-0.1, -0.05) is 32.9 Å². The van der Waals surface area contributed by atoms with Gasteiger partial charge in [0.05, 0.1) is 6.61 Å². The van der Waals surface area contributed by atoms with Crippen molar-refractivity contribution in [3.05, 3.63) is 28.8 Å². The highest BCUT2D eigenvalue weighted by Gasteiger charge is 2.21. The van der Waals surface area contributed by atoms with Gasteiger partial charge in [0.15, 0.2) is 0 Å². The molecule has 0 heterocycles. The lowest BCUT2D eigenvalue weighted by Crippen LogP contribution is -2.15. The molecule has 1 rings (SSSR count). The lowest BCUT2D eigenvalue weighted by atomic mass is 9.83. The van der Waals surface area contributed by atoms with E-state index in [9.17, 15) is 4.79 Å². The Balaban J connectivity index is 3.05.